The highest BCUT2D eigenvalue weighted by atomic mass is 16.6. The second-order valence-corrected chi connectivity index (χ2v) is 12.4. The predicted octanol–water partition coefficient (Wildman–Crippen LogP) is 7.12. The number of carboxylic acid groups (broad SMARTS) is 1. The molecular weight excluding hydrogens is 594 g/mol. The first kappa shape index (κ1) is 43.8. The Bertz CT molecular complexity index is 1000. The van der Waals surface area contributed by atoms with Crippen molar-refractivity contribution in [2.24, 2.45) is 0 Å². The maximum atomic E-state index is 12.6. The number of likely N-dealkylation sites (N-methyl/N-ethyl adjacent to an activating group) is 1. The van der Waals surface area contributed by atoms with Crippen LogP contribution in [-0.2, 0) is 28.6 Å². The summed E-state index contributed by atoms with van der Waals surface area (Å²) in [5.74, 6) is -1.93. The van der Waals surface area contributed by atoms with Crippen LogP contribution in [0.5, 0.6) is 0 Å². The second kappa shape index (κ2) is 30.1. The molecule has 0 heterocycles. The molecule has 0 aliphatic heterocycles. The van der Waals surface area contributed by atoms with Gasteiger partial charge in [0, 0.05) is 12.8 Å². The minimum atomic E-state index is -1.14. The predicted molar refractivity (Wildman–Crippen MR) is 189 cm³/mol. The van der Waals surface area contributed by atoms with Gasteiger partial charge in [0.2, 0.25) is 0 Å². The molecule has 266 valence electrons. The molecule has 0 bridgehead atoms. The largest absolute Gasteiger partial charge is 0.544 e. The van der Waals surface area contributed by atoms with Gasteiger partial charge >= 0.3 is 11.9 Å². The highest BCUT2D eigenvalue weighted by Crippen LogP contribution is 2.10. The van der Waals surface area contributed by atoms with Gasteiger partial charge in [0.1, 0.15) is 12.6 Å². The molecule has 0 radical (unpaired) electrons. The van der Waals surface area contributed by atoms with Crippen molar-refractivity contribution in [3.63, 3.8) is 0 Å². The first-order valence-corrected chi connectivity index (χ1v) is 17.5. The molecule has 0 N–H and O–H groups in total. The van der Waals surface area contributed by atoms with Crippen LogP contribution < -0.4 is 5.11 Å². The number of carbonyl (C=O) groups is 3. The number of hydrogen-bond acceptors (Lipinski definition) is 7. The van der Waals surface area contributed by atoms with Gasteiger partial charge in [-0.3, -0.25) is 9.59 Å². The van der Waals surface area contributed by atoms with Crippen LogP contribution in [0.4, 0.5) is 0 Å². The van der Waals surface area contributed by atoms with E-state index in [0.29, 0.717) is 0 Å². The fourth-order valence-electron chi connectivity index (χ4n) is 4.44. The van der Waals surface area contributed by atoms with Crippen molar-refractivity contribution in [2.45, 2.75) is 116 Å². The Hall–Kier alpha value is -3.23. The first-order chi connectivity index (χ1) is 22.6. The van der Waals surface area contributed by atoms with Crippen LogP contribution in [0.3, 0.4) is 0 Å². The molecule has 0 spiro atoms. The summed E-state index contributed by atoms with van der Waals surface area (Å²) in [6, 6.07) is -0.742. The van der Waals surface area contributed by atoms with Gasteiger partial charge in [-0.1, -0.05) is 99.6 Å². The Labute approximate surface area is 285 Å². The van der Waals surface area contributed by atoms with Crippen molar-refractivity contribution in [1.29, 1.82) is 0 Å². The number of nitrogens with zero attached hydrogens (tertiary/aromatic N) is 1. The average molecular weight is 658 g/mol. The summed E-state index contributed by atoms with van der Waals surface area (Å²) in [6.07, 6.45) is 35.4. The van der Waals surface area contributed by atoms with E-state index in [1.165, 1.54) is 0 Å². The van der Waals surface area contributed by atoms with Crippen LogP contribution in [0.15, 0.2) is 72.9 Å². The van der Waals surface area contributed by atoms with Crippen LogP contribution in [-0.4, -0.2) is 75.5 Å². The molecule has 0 aliphatic carbocycles. The van der Waals surface area contributed by atoms with E-state index in [0.717, 1.165) is 70.6 Å². The lowest BCUT2D eigenvalue weighted by Gasteiger charge is -2.34. The van der Waals surface area contributed by atoms with E-state index < -0.39 is 24.1 Å². The minimum Gasteiger partial charge on any atom is -0.544 e. The van der Waals surface area contributed by atoms with Crippen molar-refractivity contribution < 1.29 is 38.2 Å². The number of aliphatic carboxylic acids is 1. The summed E-state index contributed by atoms with van der Waals surface area (Å²) in [7, 11) is 5.35. The molecule has 8 nitrogen and oxygen atoms in total. The molecule has 8 heteroatoms. The zero-order chi connectivity index (χ0) is 35.0. The molecule has 0 aromatic carbocycles. The van der Waals surface area contributed by atoms with Crippen molar-refractivity contribution >= 4 is 17.9 Å². The number of hydrogen-bond donors (Lipinski definition) is 0. The van der Waals surface area contributed by atoms with Crippen molar-refractivity contribution in [1.82, 2.24) is 0 Å². The molecule has 0 aromatic rings. The van der Waals surface area contributed by atoms with Crippen LogP contribution in [0.2, 0.25) is 0 Å². The van der Waals surface area contributed by atoms with E-state index in [1.54, 1.807) is 27.2 Å². The van der Waals surface area contributed by atoms with Crippen molar-refractivity contribution in [3.05, 3.63) is 72.9 Å². The Balaban J connectivity index is 4.60. The third kappa shape index (κ3) is 28.7. The van der Waals surface area contributed by atoms with E-state index in [2.05, 4.69) is 68.5 Å². The van der Waals surface area contributed by atoms with Crippen LogP contribution in [0.25, 0.3) is 0 Å². The first-order valence-electron chi connectivity index (χ1n) is 17.5. The zero-order valence-corrected chi connectivity index (χ0v) is 29.9. The van der Waals surface area contributed by atoms with E-state index in [4.69, 9.17) is 14.2 Å². The van der Waals surface area contributed by atoms with E-state index >= 15 is 0 Å². The number of quaternary nitrogens is 1. The monoisotopic (exact) mass is 657 g/mol. The number of esters is 2. The number of rotatable bonds is 29. The normalized spacial score (nSPS) is 14.0. The zero-order valence-electron chi connectivity index (χ0n) is 29.9. The summed E-state index contributed by atoms with van der Waals surface area (Å²) in [6.45, 7) is 4.24. The number of allylic oxidation sites excluding steroid dienone is 11. The van der Waals surface area contributed by atoms with Gasteiger partial charge in [0.15, 0.2) is 6.10 Å². The Kier molecular flexibility index (Phi) is 28.1. The minimum absolute atomic E-state index is 0.00000578. The Morgan fingerprint density at radius 2 is 1.19 bits per heavy atom. The highest BCUT2D eigenvalue weighted by Gasteiger charge is 2.25. The van der Waals surface area contributed by atoms with Gasteiger partial charge in [0.05, 0.1) is 46.7 Å². The lowest BCUT2D eigenvalue weighted by Crippen LogP contribution is -2.55. The van der Waals surface area contributed by atoms with Gasteiger partial charge in [-0.05, 0) is 57.8 Å². The topological polar surface area (TPSA) is 102 Å². The third-order valence-corrected chi connectivity index (χ3v) is 7.12. The summed E-state index contributed by atoms with van der Waals surface area (Å²) >= 11 is 0. The van der Waals surface area contributed by atoms with Gasteiger partial charge in [-0.2, -0.15) is 0 Å². The second-order valence-electron chi connectivity index (χ2n) is 12.4. The standard InChI is InChI=1S/C39H63NO7/c1-6-8-10-12-14-16-17-18-19-20-22-24-26-28-30-38(42)47-35(33-45-32-31-36(39(43)44)40(3,4)5)34-46-37(41)29-27-25-23-21-15-13-11-9-7-2/h8-11,14-16,18-19,21,25,27,35-36H,6-7,12-13,17,20,22-24,26,28-34H2,1-5H3/b10-8+,11-9+,16-14+,19-18+,21-15+,27-25+. The molecular formula is C39H63NO7. The van der Waals surface area contributed by atoms with E-state index in [1.807, 2.05) is 12.2 Å². The lowest BCUT2D eigenvalue weighted by atomic mass is 10.1. The molecule has 0 saturated carbocycles. The summed E-state index contributed by atoms with van der Waals surface area (Å²) < 4.78 is 16.9. The Morgan fingerprint density at radius 1 is 0.660 bits per heavy atom. The molecule has 2 unspecified atom stereocenters. The smallest absolute Gasteiger partial charge is 0.309 e. The number of ether oxygens (including phenoxy) is 3. The van der Waals surface area contributed by atoms with Crippen molar-refractivity contribution in [2.75, 3.05) is 41.0 Å². The van der Waals surface area contributed by atoms with Gasteiger partial charge in [-0.15, -0.1) is 0 Å². The molecule has 0 fully saturated rings. The quantitative estimate of drug-likeness (QED) is 0.0365. The maximum Gasteiger partial charge on any atom is 0.309 e. The molecule has 0 rings (SSSR count). The molecule has 0 amide bonds. The maximum absolute atomic E-state index is 12.6. The number of unbranched alkanes of at least 4 members (excludes halogenated alkanes) is 4. The summed E-state index contributed by atoms with van der Waals surface area (Å²) in [5.41, 5.74) is 0. The van der Waals surface area contributed by atoms with Crippen LogP contribution >= 0.6 is 0 Å². The average Bonchev–Trinajstić information content (AvgIpc) is 3.01. The molecule has 2 atom stereocenters. The molecule has 0 aliphatic rings. The lowest BCUT2D eigenvalue weighted by molar-refractivity contribution is -0.889. The summed E-state index contributed by atoms with van der Waals surface area (Å²) in [5, 5.41) is 11.5. The van der Waals surface area contributed by atoms with Crippen LogP contribution in [0, 0.1) is 0 Å². The van der Waals surface area contributed by atoms with E-state index in [-0.39, 0.29) is 49.5 Å². The molecule has 0 saturated heterocycles. The highest BCUT2D eigenvalue weighted by molar-refractivity contribution is 5.71. The molecule has 0 aromatic heterocycles. The van der Waals surface area contributed by atoms with Gasteiger partial charge < -0.3 is 28.6 Å². The summed E-state index contributed by atoms with van der Waals surface area (Å²) in [4.78, 5) is 36.4. The van der Waals surface area contributed by atoms with Gasteiger partial charge in [-0.25, -0.2) is 0 Å². The van der Waals surface area contributed by atoms with Gasteiger partial charge in [0.25, 0.3) is 0 Å². The Morgan fingerprint density at radius 3 is 1.74 bits per heavy atom. The number of carbonyl (C=O) groups excluding carboxylic acids is 3. The van der Waals surface area contributed by atoms with E-state index in [9.17, 15) is 19.5 Å². The third-order valence-electron chi connectivity index (χ3n) is 7.12. The fourth-order valence-corrected chi connectivity index (χ4v) is 4.44. The van der Waals surface area contributed by atoms with Crippen molar-refractivity contribution in [3.8, 4) is 0 Å². The number of carboxylic acids is 1. The molecule has 47 heavy (non-hydrogen) atoms. The SMILES string of the molecule is CC/C=C/C/C=C/C/C=C/CCCCCCC(=O)OC(COCCC(C(=O)[O-])[N+](C)(C)C)COC(=O)C/C=C/C/C=C/C/C=C/CC. The van der Waals surface area contributed by atoms with Crippen LogP contribution in [0.1, 0.15) is 104 Å². The fraction of sp³-hybridized carbons (Fsp3) is 0.615.